The van der Waals surface area contributed by atoms with Crippen LogP contribution in [-0.2, 0) is 31.0 Å². The number of amides is 1. The third kappa shape index (κ3) is 7.31. The van der Waals surface area contributed by atoms with Gasteiger partial charge in [0.15, 0.2) is 0 Å². The summed E-state index contributed by atoms with van der Waals surface area (Å²) in [5.74, 6) is -0.787. The average Bonchev–Trinajstić information content (AvgIpc) is 2.69. The lowest BCUT2D eigenvalue weighted by atomic mass is 10.2. The van der Waals surface area contributed by atoms with Crippen LogP contribution in [0, 0.1) is 6.92 Å². The van der Waals surface area contributed by atoms with Gasteiger partial charge in [0, 0.05) is 13.1 Å². The Morgan fingerprint density at radius 1 is 0.871 bits per heavy atom. The Morgan fingerprint density at radius 3 is 2.10 bits per heavy atom. The third-order valence-corrected chi connectivity index (χ3v) is 6.84. The Bertz CT molecular complexity index is 1130. The molecule has 0 bridgehead atoms. The minimum absolute atomic E-state index is 0.0540. The summed E-state index contributed by atoms with van der Waals surface area (Å²) in [4.78, 5) is 11.2. The molecule has 31 heavy (non-hydrogen) atoms. The lowest BCUT2D eigenvalue weighted by Gasteiger charge is -2.11. The second-order valence-corrected chi connectivity index (χ2v) is 9.94. The fourth-order valence-corrected chi connectivity index (χ4v) is 4.39. The maximum absolute atomic E-state index is 12.7. The molecule has 0 aromatic heterocycles. The normalized spacial score (nSPS) is 12.5. The first kappa shape index (κ1) is 24.8. The zero-order valence-corrected chi connectivity index (χ0v) is 17.9. The number of halogens is 3. The highest BCUT2D eigenvalue weighted by Crippen LogP contribution is 2.30. The second kappa shape index (κ2) is 9.77. The summed E-state index contributed by atoms with van der Waals surface area (Å²) in [6.45, 7) is 0.793. The highest BCUT2D eigenvalue weighted by molar-refractivity contribution is 7.89. The van der Waals surface area contributed by atoms with E-state index in [0.29, 0.717) is 6.07 Å². The van der Waals surface area contributed by atoms with Crippen LogP contribution in [0.5, 0.6) is 0 Å². The molecule has 0 spiro atoms. The number of carbonyl (C=O) groups is 1. The molecule has 0 saturated heterocycles. The van der Waals surface area contributed by atoms with Crippen molar-refractivity contribution in [1.82, 2.24) is 14.8 Å². The summed E-state index contributed by atoms with van der Waals surface area (Å²) in [7, 11) is -8.12. The molecule has 0 radical (unpaired) electrons. The van der Waals surface area contributed by atoms with Crippen LogP contribution in [0.25, 0.3) is 0 Å². The molecule has 0 unspecified atom stereocenters. The van der Waals surface area contributed by atoms with Crippen LogP contribution in [0.3, 0.4) is 0 Å². The summed E-state index contributed by atoms with van der Waals surface area (Å²) in [6.07, 6.45) is -4.71. The molecule has 170 valence electrons. The van der Waals surface area contributed by atoms with Gasteiger partial charge in [-0.3, -0.25) is 4.79 Å². The Balaban J connectivity index is 1.83. The lowest BCUT2D eigenvalue weighted by molar-refractivity contribution is -0.137. The number of alkyl halides is 3. The molecule has 0 heterocycles. The van der Waals surface area contributed by atoms with Crippen LogP contribution in [-0.4, -0.2) is 42.4 Å². The van der Waals surface area contributed by atoms with Crippen LogP contribution in [0.2, 0.25) is 0 Å². The molecule has 2 aromatic rings. The van der Waals surface area contributed by atoms with Crippen molar-refractivity contribution in [2.24, 2.45) is 0 Å². The molecule has 2 rings (SSSR count). The van der Waals surface area contributed by atoms with Crippen molar-refractivity contribution in [1.29, 1.82) is 0 Å². The fourth-order valence-electron chi connectivity index (χ4n) is 2.33. The number of sulfonamides is 2. The van der Waals surface area contributed by atoms with Crippen LogP contribution in [0.1, 0.15) is 11.1 Å². The number of hydrogen-bond donors (Lipinski definition) is 3. The van der Waals surface area contributed by atoms with Gasteiger partial charge in [-0.1, -0.05) is 23.8 Å². The van der Waals surface area contributed by atoms with Gasteiger partial charge in [-0.15, -0.1) is 0 Å². The summed E-state index contributed by atoms with van der Waals surface area (Å²) in [6, 6.07) is 9.22. The first-order valence-corrected chi connectivity index (χ1v) is 11.8. The summed E-state index contributed by atoms with van der Waals surface area (Å²) in [5, 5.41) is 2.30. The lowest BCUT2D eigenvalue weighted by Crippen LogP contribution is -2.40. The number of rotatable bonds is 9. The van der Waals surface area contributed by atoms with Crippen LogP contribution >= 0.6 is 0 Å². The van der Waals surface area contributed by atoms with E-state index in [1.54, 1.807) is 19.1 Å². The topological polar surface area (TPSA) is 121 Å². The molecule has 0 saturated carbocycles. The van der Waals surface area contributed by atoms with Gasteiger partial charge in [0.2, 0.25) is 26.0 Å². The maximum atomic E-state index is 12.7. The standard InChI is InChI=1S/C18H20F3N3O5S2/c1-13-5-7-15(8-6-13)30(26,27)23-10-9-22-17(25)12-24-31(28,29)16-4-2-3-14(11-16)18(19,20)21/h2-8,11,23-24H,9-10,12H2,1H3,(H,22,25). The molecule has 0 aliphatic rings. The molecule has 13 heteroatoms. The first-order chi connectivity index (χ1) is 14.3. The van der Waals surface area contributed by atoms with Crippen molar-refractivity contribution in [3.63, 3.8) is 0 Å². The quantitative estimate of drug-likeness (QED) is 0.470. The van der Waals surface area contributed by atoms with E-state index in [9.17, 15) is 34.8 Å². The van der Waals surface area contributed by atoms with Crippen LogP contribution in [0.4, 0.5) is 13.2 Å². The smallest absolute Gasteiger partial charge is 0.354 e. The van der Waals surface area contributed by atoms with E-state index in [2.05, 4.69) is 10.0 Å². The highest BCUT2D eigenvalue weighted by atomic mass is 32.2. The van der Waals surface area contributed by atoms with E-state index < -0.39 is 49.1 Å². The van der Waals surface area contributed by atoms with E-state index in [4.69, 9.17) is 0 Å². The summed E-state index contributed by atoms with van der Waals surface area (Å²) >= 11 is 0. The molecule has 0 atom stereocenters. The zero-order chi connectivity index (χ0) is 23.3. The monoisotopic (exact) mass is 479 g/mol. The molecule has 2 aromatic carbocycles. The summed E-state index contributed by atoms with van der Waals surface area (Å²) < 4.78 is 90.8. The van der Waals surface area contributed by atoms with Crippen molar-refractivity contribution < 1.29 is 34.8 Å². The Morgan fingerprint density at radius 2 is 1.48 bits per heavy atom. The molecule has 1 amide bonds. The Labute approximate surface area is 178 Å². The van der Waals surface area contributed by atoms with Crippen molar-refractivity contribution in [3.05, 3.63) is 59.7 Å². The number of aryl methyl sites for hydroxylation is 1. The largest absolute Gasteiger partial charge is 0.416 e. The minimum Gasteiger partial charge on any atom is -0.354 e. The van der Waals surface area contributed by atoms with Crippen molar-refractivity contribution >= 4 is 26.0 Å². The van der Waals surface area contributed by atoms with Gasteiger partial charge in [0.25, 0.3) is 0 Å². The predicted molar refractivity (Wildman–Crippen MR) is 106 cm³/mol. The molecule has 3 N–H and O–H groups in total. The van der Waals surface area contributed by atoms with E-state index >= 15 is 0 Å². The minimum atomic E-state index is -4.71. The second-order valence-electron chi connectivity index (χ2n) is 6.41. The fraction of sp³-hybridized carbons (Fsp3) is 0.278. The van der Waals surface area contributed by atoms with E-state index in [1.165, 1.54) is 12.1 Å². The van der Waals surface area contributed by atoms with Gasteiger partial charge in [0.1, 0.15) is 0 Å². The van der Waals surface area contributed by atoms with E-state index in [0.717, 1.165) is 23.8 Å². The van der Waals surface area contributed by atoms with E-state index in [-0.39, 0.29) is 18.0 Å². The molecular formula is C18H20F3N3O5S2. The van der Waals surface area contributed by atoms with Crippen LogP contribution < -0.4 is 14.8 Å². The van der Waals surface area contributed by atoms with Gasteiger partial charge in [-0.05, 0) is 37.3 Å². The molecule has 0 fully saturated rings. The van der Waals surface area contributed by atoms with Crippen LogP contribution in [0.15, 0.2) is 58.3 Å². The van der Waals surface area contributed by atoms with Crippen molar-refractivity contribution in [2.75, 3.05) is 19.6 Å². The maximum Gasteiger partial charge on any atom is 0.416 e. The number of hydrogen-bond acceptors (Lipinski definition) is 5. The molecule has 0 aliphatic carbocycles. The highest BCUT2D eigenvalue weighted by Gasteiger charge is 2.31. The zero-order valence-electron chi connectivity index (χ0n) is 16.2. The Kier molecular flexibility index (Phi) is 7.81. The SMILES string of the molecule is Cc1ccc(S(=O)(=O)NCCNC(=O)CNS(=O)(=O)c2cccc(C(F)(F)F)c2)cc1. The van der Waals surface area contributed by atoms with Crippen molar-refractivity contribution in [2.45, 2.75) is 22.9 Å². The predicted octanol–water partition coefficient (Wildman–Crippen LogP) is 1.39. The number of nitrogens with one attached hydrogen (secondary N) is 3. The van der Waals surface area contributed by atoms with Gasteiger partial charge < -0.3 is 5.32 Å². The summed E-state index contributed by atoms with van der Waals surface area (Å²) in [5.41, 5.74) is -0.250. The molecular weight excluding hydrogens is 459 g/mol. The first-order valence-electron chi connectivity index (χ1n) is 8.81. The van der Waals surface area contributed by atoms with Gasteiger partial charge in [0.05, 0.1) is 21.9 Å². The van der Waals surface area contributed by atoms with E-state index in [1.807, 2.05) is 4.72 Å². The molecule has 0 aliphatic heterocycles. The molecule has 8 nitrogen and oxygen atoms in total. The third-order valence-electron chi connectivity index (χ3n) is 3.96. The van der Waals surface area contributed by atoms with Gasteiger partial charge >= 0.3 is 6.18 Å². The Hall–Kier alpha value is -2.48. The average molecular weight is 480 g/mol. The number of benzene rings is 2. The van der Waals surface area contributed by atoms with Gasteiger partial charge in [-0.2, -0.15) is 13.2 Å². The van der Waals surface area contributed by atoms with Crippen molar-refractivity contribution in [3.8, 4) is 0 Å². The number of carbonyl (C=O) groups excluding carboxylic acids is 1. The van der Waals surface area contributed by atoms with Gasteiger partial charge in [-0.25, -0.2) is 26.3 Å².